The first-order valence-corrected chi connectivity index (χ1v) is 8.44. The Hall–Kier alpha value is -1.26. The van der Waals surface area contributed by atoms with E-state index < -0.39 is 5.60 Å². The van der Waals surface area contributed by atoms with E-state index in [0.29, 0.717) is 19.1 Å². The summed E-state index contributed by atoms with van der Waals surface area (Å²) in [5.41, 5.74) is -0.472. The van der Waals surface area contributed by atoms with Crippen molar-refractivity contribution in [2.45, 2.75) is 78.4 Å². The van der Waals surface area contributed by atoms with Crippen LogP contribution in [0.3, 0.4) is 0 Å². The van der Waals surface area contributed by atoms with E-state index in [1.165, 1.54) is 19.3 Å². The van der Waals surface area contributed by atoms with Gasteiger partial charge in [0.15, 0.2) is 0 Å². The summed E-state index contributed by atoms with van der Waals surface area (Å²) in [6, 6.07) is 0.265. The summed E-state index contributed by atoms with van der Waals surface area (Å²) in [6.07, 6.45) is 7.23. The first kappa shape index (κ1) is 18.8. The molecule has 0 atom stereocenters. The van der Waals surface area contributed by atoms with Crippen LogP contribution in [0.5, 0.6) is 0 Å². The van der Waals surface area contributed by atoms with Crippen LogP contribution in [0.2, 0.25) is 0 Å². The Balaban J connectivity index is 2.55. The minimum Gasteiger partial charge on any atom is -0.444 e. The first-order chi connectivity index (χ1) is 10.3. The Morgan fingerprint density at radius 2 is 1.91 bits per heavy atom. The minimum atomic E-state index is -0.472. The second-order valence-electron chi connectivity index (χ2n) is 7.30. The molecule has 0 unspecified atom stereocenters. The van der Waals surface area contributed by atoms with Crippen molar-refractivity contribution in [3.8, 4) is 0 Å². The van der Waals surface area contributed by atoms with Crippen LogP contribution in [-0.2, 0) is 9.57 Å². The molecule has 1 amide bonds. The summed E-state index contributed by atoms with van der Waals surface area (Å²) in [5, 5.41) is 3.92. The highest BCUT2D eigenvalue weighted by atomic mass is 16.6. The van der Waals surface area contributed by atoms with Gasteiger partial charge >= 0.3 is 6.09 Å². The molecule has 1 saturated carbocycles. The fraction of sp³-hybridized carbons (Fsp3) is 0.882. The van der Waals surface area contributed by atoms with Crippen molar-refractivity contribution in [2.75, 3.05) is 13.2 Å². The lowest BCUT2D eigenvalue weighted by Gasteiger charge is -2.35. The molecule has 128 valence electrons. The van der Waals surface area contributed by atoms with Gasteiger partial charge in [-0.3, -0.25) is 0 Å². The third-order valence-corrected chi connectivity index (χ3v) is 3.50. The van der Waals surface area contributed by atoms with E-state index >= 15 is 0 Å². The van der Waals surface area contributed by atoms with E-state index in [-0.39, 0.29) is 12.1 Å². The Morgan fingerprint density at radius 1 is 1.27 bits per heavy atom. The summed E-state index contributed by atoms with van der Waals surface area (Å²) in [6.45, 7) is 10.7. The Bertz CT molecular complexity index is 355. The van der Waals surface area contributed by atoms with Crippen LogP contribution < -0.4 is 0 Å². The van der Waals surface area contributed by atoms with Gasteiger partial charge in [-0.2, -0.15) is 0 Å². The first-order valence-electron chi connectivity index (χ1n) is 8.44. The number of oxime groups is 1. The number of nitrogens with zero attached hydrogens (tertiary/aromatic N) is 2. The van der Waals surface area contributed by atoms with Crippen LogP contribution >= 0.6 is 0 Å². The fourth-order valence-electron chi connectivity index (χ4n) is 2.49. The molecule has 5 nitrogen and oxygen atoms in total. The van der Waals surface area contributed by atoms with Crippen molar-refractivity contribution in [1.82, 2.24) is 4.90 Å². The molecule has 0 radical (unpaired) electrons. The molecule has 0 aromatic carbocycles. The van der Waals surface area contributed by atoms with Gasteiger partial charge in [0.25, 0.3) is 0 Å². The van der Waals surface area contributed by atoms with E-state index in [1.807, 2.05) is 39.5 Å². The molecule has 0 bridgehead atoms. The normalized spacial score (nSPS) is 17.0. The molecule has 0 aromatic heterocycles. The number of hydrogen-bond donors (Lipinski definition) is 0. The van der Waals surface area contributed by atoms with Crippen LogP contribution in [0, 0.1) is 5.92 Å². The molecule has 0 heterocycles. The second-order valence-corrected chi connectivity index (χ2v) is 7.30. The summed E-state index contributed by atoms with van der Waals surface area (Å²) < 4.78 is 5.54. The molecule has 0 saturated heterocycles. The molecule has 1 rings (SSSR count). The van der Waals surface area contributed by atoms with E-state index in [0.717, 1.165) is 12.8 Å². The Labute approximate surface area is 135 Å². The minimum absolute atomic E-state index is 0.240. The van der Waals surface area contributed by atoms with Gasteiger partial charge in [-0.25, -0.2) is 4.79 Å². The maximum absolute atomic E-state index is 12.4. The van der Waals surface area contributed by atoms with Crippen LogP contribution in [-0.4, -0.2) is 42.0 Å². The highest BCUT2D eigenvalue weighted by Gasteiger charge is 2.29. The number of ether oxygens (including phenoxy) is 1. The lowest BCUT2D eigenvalue weighted by molar-refractivity contribution is 0.00374. The van der Waals surface area contributed by atoms with Gasteiger partial charge in [0.2, 0.25) is 0 Å². The molecule has 1 aliphatic rings. The summed E-state index contributed by atoms with van der Waals surface area (Å²) in [4.78, 5) is 19.5. The third kappa shape index (κ3) is 7.66. The monoisotopic (exact) mass is 312 g/mol. The highest BCUT2D eigenvalue weighted by molar-refractivity contribution is 5.68. The molecule has 0 N–H and O–H groups in total. The lowest BCUT2D eigenvalue weighted by atomic mass is 9.94. The average Bonchev–Trinajstić information content (AvgIpc) is 2.41. The maximum atomic E-state index is 12.4. The van der Waals surface area contributed by atoms with E-state index in [4.69, 9.17) is 9.57 Å². The van der Waals surface area contributed by atoms with Gasteiger partial charge in [0.1, 0.15) is 12.2 Å². The average molecular weight is 312 g/mol. The Kier molecular flexibility index (Phi) is 7.69. The van der Waals surface area contributed by atoms with Crippen molar-refractivity contribution < 1.29 is 14.4 Å². The van der Waals surface area contributed by atoms with Crippen LogP contribution in [0.15, 0.2) is 5.16 Å². The smallest absolute Gasteiger partial charge is 0.410 e. The number of carbonyl (C=O) groups excluding carboxylic acids is 1. The molecule has 0 aromatic rings. The van der Waals surface area contributed by atoms with Crippen molar-refractivity contribution >= 4 is 12.3 Å². The SMILES string of the molecule is CC(C)/C=N/OCCN(C(=O)OC(C)(C)C)C1CCCCC1. The van der Waals surface area contributed by atoms with Crippen molar-refractivity contribution in [3.63, 3.8) is 0 Å². The maximum Gasteiger partial charge on any atom is 0.410 e. The van der Waals surface area contributed by atoms with Crippen molar-refractivity contribution in [3.05, 3.63) is 0 Å². The van der Waals surface area contributed by atoms with Crippen molar-refractivity contribution in [1.29, 1.82) is 0 Å². The fourth-order valence-corrected chi connectivity index (χ4v) is 2.49. The van der Waals surface area contributed by atoms with Gasteiger partial charge < -0.3 is 14.5 Å². The van der Waals surface area contributed by atoms with Crippen LogP contribution in [0.1, 0.15) is 66.7 Å². The molecule has 22 heavy (non-hydrogen) atoms. The summed E-state index contributed by atoms with van der Waals surface area (Å²) in [7, 11) is 0. The van der Waals surface area contributed by atoms with Crippen LogP contribution in [0.25, 0.3) is 0 Å². The summed E-state index contributed by atoms with van der Waals surface area (Å²) >= 11 is 0. The number of amides is 1. The van der Waals surface area contributed by atoms with Crippen molar-refractivity contribution in [2.24, 2.45) is 11.1 Å². The number of carbonyl (C=O) groups is 1. The molecule has 5 heteroatoms. The van der Waals surface area contributed by atoms with Crippen LogP contribution in [0.4, 0.5) is 4.79 Å². The molecule has 0 spiro atoms. The van der Waals surface area contributed by atoms with Gasteiger partial charge in [-0.1, -0.05) is 38.3 Å². The molecule has 0 aliphatic heterocycles. The predicted octanol–water partition coefficient (Wildman–Crippen LogP) is 4.21. The van der Waals surface area contributed by atoms with Gasteiger partial charge in [0.05, 0.1) is 6.54 Å². The number of hydrogen-bond acceptors (Lipinski definition) is 4. The van der Waals surface area contributed by atoms with E-state index in [9.17, 15) is 4.79 Å². The lowest BCUT2D eigenvalue weighted by Crippen LogP contribution is -2.45. The number of rotatable bonds is 6. The Morgan fingerprint density at radius 3 is 2.45 bits per heavy atom. The van der Waals surface area contributed by atoms with Gasteiger partial charge in [-0.15, -0.1) is 0 Å². The zero-order chi connectivity index (χ0) is 16.6. The molecular weight excluding hydrogens is 280 g/mol. The largest absolute Gasteiger partial charge is 0.444 e. The molecule has 1 aliphatic carbocycles. The van der Waals surface area contributed by atoms with E-state index in [2.05, 4.69) is 5.16 Å². The topological polar surface area (TPSA) is 51.1 Å². The molecule has 1 fully saturated rings. The van der Waals surface area contributed by atoms with Gasteiger partial charge in [0, 0.05) is 12.3 Å². The standard InChI is InChI=1S/C17H32N2O3/c1-14(2)13-18-21-12-11-19(15-9-7-6-8-10-15)16(20)22-17(3,4)5/h13-15H,6-12H2,1-5H3/b18-13+. The highest BCUT2D eigenvalue weighted by Crippen LogP contribution is 2.24. The third-order valence-electron chi connectivity index (χ3n) is 3.50. The predicted molar refractivity (Wildman–Crippen MR) is 89.1 cm³/mol. The quantitative estimate of drug-likeness (QED) is 0.419. The van der Waals surface area contributed by atoms with E-state index in [1.54, 1.807) is 6.21 Å². The molecular formula is C17H32N2O3. The zero-order valence-corrected chi connectivity index (χ0v) is 14.8. The second kappa shape index (κ2) is 9.01. The summed E-state index contributed by atoms with van der Waals surface area (Å²) in [5.74, 6) is 0.361. The van der Waals surface area contributed by atoms with Gasteiger partial charge in [-0.05, 0) is 39.5 Å². The zero-order valence-electron chi connectivity index (χ0n) is 14.8.